The number of thiocarbonyl (C=S) groups is 1. The largest absolute Gasteiger partial charge is 0.370 e. The number of aliphatic imine (C=N–C) groups is 1. The number of nitrogens with one attached hydrogen (secondary N) is 2. The topological polar surface area (TPSA) is 75.3 Å². The molecule has 0 aliphatic rings. The molecule has 0 unspecified atom stereocenters. The normalized spacial score (nSPS) is 10.6. The molecule has 0 aromatic carbocycles. The molecule has 5 nitrogen and oxygen atoms in total. The number of terminal acetylenes is 1. The highest BCUT2D eigenvalue weighted by molar-refractivity contribution is 7.80. The molecule has 0 saturated heterocycles. The maximum Gasteiger partial charge on any atom is 0.195 e. The minimum absolute atomic E-state index is 0.222. The van der Waals surface area contributed by atoms with Gasteiger partial charge >= 0.3 is 0 Å². The molecule has 0 aliphatic heterocycles. The smallest absolute Gasteiger partial charge is 0.195 e. The Kier molecular flexibility index (Phi) is 6.98. The molecule has 0 fully saturated rings. The predicted molar refractivity (Wildman–Crippen MR) is 81.6 cm³/mol. The van der Waals surface area contributed by atoms with Crippen LogP contribution in [-0.2, 0) is 6.42 Å². The van der Waals surface area contributed by atoms with Crippen LogP contribution in [0.1, 0.15) is 12.1 Å². The van der Waals surface area contributed by atoms with Crippen LogP contribution in [0.5, 0.6) is 0 Å². The Morgan fingerprint density at radius 3 is 3.05 bits per heavy atom. The van der Waals surface area contributed by atoms with Crippen LogP contribution in [0.3, 0.4) is 0 Å². The average Bonchev–Trinajstić information content (AvgIpc) is 2.42. The quantitative estimate of drug-likeness (QED) is 0.239. The molecule has 100 valence electrons. The summed E-state index contributed by atoms with van der Waals surface area (Å²) in [5.41, 5.74) is 6.63. The summed E-state index contributed by atoms with van der Waals surface area (Å²) in [6.45, 7) is 0.978. The lowest BCUT2D eigenvalue weighted by atomic mass is 10.2. The monoisotopic (exact) mass is 275 g/mol. The fourth-order valence-electron chi connectivity index (χ4n) is 1.35. The summed E-state index contributed by atoms with van der Waals surface area (Å²) in [6, 6.07) is 5.88. The maximum atomic E-state index is 5.56. The first-order valence-corrected chi connectivity index (χ1v) is 6.31. The summed E-state index contributed by atoms with van der Waals surface area (Å²) >= 11 is 5.06. The maximum absolute atomic E-state index is 5.56. The van der Waals surface area contributed by atoms with E-state index in [0.29, 0.717) is 5.11 Å². The number of nitrogens with zero attached hydrogens (tertiary/aromatic N) is 2. The lowest BCUT2D eigenvalue weighted by Gasteiger charge is -2.09. The molecule has 0 radical (unpaired) electrons. The van der Waals surface area contributed by atoms with Crippen LogP contribution in [0.25, 0.3) is 0 Å². The Balaban J connectivity index is 2.16. The van der Waals surface area contributed by atoms with Gasteiger partial charge in [-0.3, -0.25) is 4.98 Å². The third-order valence-corrected chi connectivity index (χ3v) is 2.45. The fourth-order valence-corrected chi connectivity index (χ4v) is 1.55. The van der Waals surface area contributed by atoms with Crippen molar-refractivity contribution in [3.63, 3.8) is 0 Å². The number of rotatable bonds is 5. The van der Waals surface area contributed by atoms with Gasteiger partial charge in [-0.05, 0) is 37.2 Å². The van der Waals surface area contributed by atoms with E-state index in [2.05, 4.69) is 26.5 Å². The van der Waals surface area contributed by atoms with E-state index in [4.69, 9.17) is 24.4 Å². The van der Waals surface area contributed by atoms with Gasteiger partial charge in [0.05, 0.1) is 0 Å². The minimum atomic E-state index is 0.222. The summed E-state index contributed by atoms with van der Waals surface area (Å²) in [7, 11) is 0. The number of aryl methyl sites for hydroxylation is 1. The molecule has 0 amide bonds. The zero-order valence-corrected chi connectivity index (χ0v) is 11.4. The number of nitrogens with two attached hydrogens (primary N) is 1. The summed E-state index contributed by atoms with van der Waals surface area (Å²) < 4.78 is 0. The van der Waals surface area contributed by atoms with E-state index >= 15 is 0 Å². The van der Waals surface area contributed by atoms with E-state index in [1.54, 1.807) is 6.20 Å². The highest BCUT2D eigenvalue weighted by Gasteiger charge is 1.98. The van der Waals surface area contributed by atoms with E-state index in [0.717, 1.165) is 25.1 Å². The van der Waals surface area contributed by atoms with Crippen molar-refractivity contribution in [2.75, 3.05) is 13.1 Å². The van der Waals surface area contributed by atoms with Crippen molar-refractivity contribution in [1.29, 1.82) is 0 Å². The molecule has 0 atom stereocenters. The van der Waals surface area contributed by atoms with Crippen molar-refractivity contribution in [2.45, 2.75) is 12.8 Å². The van der Waals surface area contributed by atoms with Gasteiger partial charge in [0.25, 0.3) is 0 Å². The Labute approximate surface area is 118 Å². The first-order valence-electron chi connectivity index (χ1n) is 5.90. The molecule has 6 heteroatoms. The molecular weight excluding hydrogens is 258 g/mol. The van der Waals surface area contributed by atoms with Crippen LogP contribution in [-0.4, -0.2) is 29.1 Å². The van der Waals surface area contributed by atoms with Crippen LogP contribution in [0, 0.1) is 12.3 Å². The Hall–Kier alpha value is -2.13. The molecule has 0 bridgehead atoms. The first kappa shape index (κ1) is 14.9. The highest BCUT2D eigenvalue weighted by atomic mass is 32.1. The van der Waals surface area contributed by atoms with E-state index in [1.807, 2.05) is 18.2 Å². The zero-order valence-electron chi connectivity index (χ0n) is 10.6. The molecule has 19 heavy (non-hydrogen) atoms. The number of guanidine groups is 1. The molecule has 0 spiro atoms. The molecule has 0 saturated carbocycles. The number of aromatic nitrogens is 1. The average molecular weight is 275 g/mol. The number of pyridine rings is 1. The third-order valence-electron chi connectivity index (χ3n) is 2.20. The van der Waals surface area contributed by atoms with Gasteiger partial charge in [-0.15, -0.1) is 6.42 Å². The molecule has 1 heterocycles. The lowest BCUT2D eigenvalue weighted by Crippen LogP contribution is -2.43. The Morgan fingerprint density at radius 2 is 2.37 bits per heavy atom. The Morgan fingerprint density at radius 1 is 1.53 bits per heavy atom. The molecule has 4 N–H and O–H groups in total. The second kappa shape index (κ2) is 8.89. The van der Waals surface area contributed by atoms with Crippen molar-refractivity contribution in [2.24, 2.45) is 10.7 Å². The zero-order chi connectivity index (χ0) is 13.9. The van der Waals surface area contributed by atoms with Gasteiger partial charge in [-0.2, -0.15) is 0 Å². The van der Waals surface area contributed by atoms with Crippen molar-refractivity contribution in [3.05, 3.63) is 30.1 Å². The summed E-state index contributed by atoms with van der Waals surface area (Å²) in [5.74, 6) is 2.59. The second-order valence-electron chi connectivity index (χ2n) is 3.71. The van der Waals surface area contributed by atoms with Gasteiger partial charge in [0.15, 0.2) is 11.1 Å². The molecular formula is C13H17N5S. The third kappa shape index (κ3) is 7.01. The highest BCUT2D eigenvalue weighted by Crippen LogP contribution is 1.96. The van der Waals surface area contributed by atoms with Gasteiger partial charge in [-0.1, -0.05) is 12.0 Å². The molecule has 1 aromatic heterocycles. The molecule has 1 rings (SSSR count). The molecule has 0 aliphatic carbocycles. The van der Waals surface area contributed by atoms with Crippen LogP contribution >= 0.6 is 12.2 Å². The van der Waals surface area contributed by atoms with Gasteiger partial charge in [0.2, 0.25) is 0 Å². The van der Waals surface area contributed by atoms with E-state index in [1.165, 1.54) is 0 Å². The number of hydrogen-bond acceptors (Lipinski definition) is 3. The summed E-state index contributed by atoms with van der Waals surface area (Å²) in [6.07, 6.45) is 8.69. The summed E-state index contributed by atoms with van der Waals surface area (Å²) in [4.78, 5) is 8.11. The van der Waals surface area contributed by atoms with Gasteiger partial charge in [0, 0.05) is 18.4 Å². The minimum Gasteiger partial charge on any atom is -0.370 e. The number of hydrogen-bond donors (Lipinski definition) is 3. The van der Waals surface area contributed by atoms with Gasteiger partial charge in [-0.25, -0.2) is 4.99 Å². The van der Waals surface area contributed by atoms with Crippen LogP contribution in [0.2, 0.25) is 0 Å². The summed E-state index contributed by atoms with van der Waals surface area (Å²) in [5, 5.41) is 6.23. The van der Waals surface area contributed by atoms with Crippen molar-refractivity contribution in [3.8, 4) is 12.3 Å². The van der Waals surface area contributed by atoms with Crippen molar-refractivity contribution < 1.29 is 0 Å². The molecule has 1 aromatic rings. The van der Waals surface area contributed by atoms with E-state index < -0.39 is 0 Å². The van der Waals surface area contributed by atoms with Crippen LogP contribution < -0.4 is 16.4 Å². The standard InChI is InChI=1S/C13H17N5S/c1-2-8-16-12(14)18-13(19)17-10-5-7-11-6-3-4-9-15-11/h1,3-4,6,9H,5,7-8,10H2,(H4,14,16,17,18,19). The Bertz CT molecular complexity index is 464. The van der Waals surface area contributed by atoms with Crippen LogP contribution in [0.4, 0.5) is 0 Å². The van der Waals surface area contributed by atoms with Gasteiger partial charge in [0.1, 0.15) is 6.54 Å². The van der Waals surface area contributed by atoms with Gasteiger partial charge < -0.3 is 16.4 Å². The first-order chi connectivity index (χ1) is 9.22. The predicted octanol–water partition coefficient (Wildman–Crippen LogP) is 0.426. The SMILES string of the molecule is C#CCN=C(N)NC(=S)NCCCc1ccccn1. The second-order valence-corrected chi connectivity index (χ2v) is 4.12. The van der Waals surface area contributed by atoms with E-state index in [-0.39, 0.29) is 12.5 Å². The van der Waals surface area contributed by atoms with E-state index in [9.17, 15) is 0 Å². The fraction of sp³-hybridized carbons (Fsp3) is 0.308. The lowest BCUT2D eigenvalue weighted by molar-refractivity contribution is 0.757. The van der Waals surface area contributed by atoms with Crippen molar-refractivity contribution >= 4 is 23.3 Å². The van der Waals surface area contributed by atoms with Crippen molar-refractivity contribution in [1.82, 2.24) is 15.6 Å². The van der Waals surface area contributed by atoms with Crippen LogP contribution in [0.15, 0.2) is 29.4 Å².